The average Bonchev–Trinajstić information content (AvgIpc) is 2.72. The number of carbonyl (C=O) groups excluding carboxylic acids is 1. The topological polar surface area (TPSA) is 98.3 Å². The molecule has 0 spiro atoms. The number of hydrogen-bond acceptors (Lipinski definition) is 7. The summed E-state index contributed by atoms with van der Waals surface area (Å²) in [6.45, 7) is 0.721. The Bertz CT molecular complexity index is 970. The largest absolute Gasteiger partial charge is 0.382 e. The highest BCUT2D eigenvalue weighted by Crippen LogP contribution is 2.23. The third-order valence-electron chi connectivity index (χ3n) is 3.71. The Kier molecular flexibility index (Phi) is 7.46. The molecular weight excluding hydrogens is 394 g/mol. The van der Waals surface area contributed by atoms with Crippen molar-refractivity contribution < 1.29 is 14.3 Å². The number of hydrogen-bond donors (Lipinski definition) is 2. The number of nitrogens with one attached hydrogen (secondary N) is 2. The molecule has 2 N–H and O–H groups in total. The van der Waals surface area contributed by atoms with Crippen molar-refractivity contribution in [3.8, 4) is 11.3 Å². The van der Waals surface area contributed by atoms with Crippen molar-refractivity contribution in [1.29, 1.82) is 0 Å². The van der Waals surface area contributed by atoms with Crippen LogP contribution in [0.3, 0.4) is 0 Å². The Labute approximate surface area is 173 Å². The molecule has 2 heterocycles. The zero-order valence-electron chi connectivity index (χ0n) is 15.8. The van der Waals surface area contributed by atoms with Gasteiger partial charge in [0.05, 0.1) is 43.2 Å². The summed E-state index contributed by atoms with van der Waals surface area (Å²) < 4.78 is 10.1. The zero-order chi connectivity index (χ0) is 20.5. The van der Waals surface area contributed by atoms with Gasteiger partial charge < -0.3 is 20.1 Å². The van der Waals surface area contributed by atoms with Crippen molar-refractivity contribution in [2.75, 3.05) is 37.6 Å². The quantitative estimate of drug-likeness (QED) is 0.517. The van der Waals surface area contributed by atoms with Crippen LogP contribution in [-0.4, -0.2) is 47.8 Å². The Morgan fingerprint density at radius 1 is 1.07 bits per heavy atom. The number of ether oxygens (including phenoxy) is 2. The summed E-state index contributed by atoms with van der Waals surface area (Å²) >= 11 is 6.01. The maximum absolute atomic E-state index is 12.0. The first-order valence-electron chi connectivity index (χ1n) is 8.80. The van der Waals surface area contributed by atoms with Gasteiger partial charge in [0.2, 0.25) is 5.91 Å². The normalized spacial score (nSPS) is 10.6. The number of rotatable bonds is 9. The Hall–Kier alpha value is -3.07. The minimum atomic E-state index is -0.275. The van der Waals surface area contributed by atoms with E-state index < -0.39 is 0 Å². The molecule has 2 aromatic heterocycles. The van der Waals surface area contributed by atoms with Crippen LogP contribution in [0, 0.1) is 0 Å². The number of nitrogens with zero attached hydrogens (tertiary/aromatic N) is 3. The van der Waals surface area contributed by atoms with Gasteiger partial charge in [0, 0.05) is 29.6 Å². The molecule has 9 heteroatoms. The SMILES string of the molecule is COCCOCC(=O)Nc1cncc(-c2cncc(Nc3cccc(Cl)c3)n2)c1. The van der Waals surface area contributed by atoms with Crippen LogP contribution in [0.5, 0.6) is 0 Å². The van der Waals surface area contributed by atoms with Crippen LogP contribution in [0.4, 0.5) is 17.2 Å². The predicted octanol–water partition coefficient (Wildman–Crippen LogP) is 3.54. The van der Waals surface area contributed by atoms with Gasteiger partial charge >= 0.3 is 0 Å². The predicted molar refractivity (Wildman–Crippen MR) is 111 cm³/mol. The molecule has 0 unspecified atom stereocenters. The van der Waals surface area contributed by atoms with E-state index in [9.17, 15) is 4.79 Å². The summed E-state index contributed by atoms with van der Waals surface area (Å²) in [6.07, 6.45) is 6.44. The number of amides is 1. The maximum atomic E-state index is 12.0. The first-order valence-corrected chi connectivity index (χ1v) is 9.18. The van der Waals surface area contributed by atoms with Gasteiger partial charge in [0.15, 0.2) is 0 Å². The first kappa shape index (κ1) is 20.7. The third kappa shape index (κ3) is 6.49. The van der Waals surface area contributed by atoms with Crippen LogP contribution >= 0.6 is 11.6 Å². The summed E-state index contributed by atoms with van der Waals surface area (Å²) in [4.78, 5) is 24.9. The summed E-state index contributed by atoms with van der Waals surface area (Å²) in [7, 11) is 1.57. The van der Waals surface area contributed by atoms with E-state index in [4.69, 9.17) is 21.1 Å². The van der Waals surface area contributed by atoms with Crippen LogP contribution in [-0.2, 0) is 14.3 Å². The molecule has 0 aliphatic heterocycles. The van der Waals surface area contributed by atoms with Gasteiger partial charge in [-0.15, -0.1) is 0 Å². The highest BCUT2D eigenvalue weighted by molar-refractivity contribution is 6.30. The van der Waals surface area contributed by atoms with Crippen LogP contribution < -0.4 is 10.6 Å². The number of benzene rings is 1. The molecule has 0 bridgehead atoms. The molecule has 29 heavy (non-hydrogen) atoms. The van der Waals surface area contributed by atoms with E-state index in [1.54, 1.807) is 50.1 Å². The van der Waals surface area contributed by atoms with Crippen LogP contribution in [0.15, 0.2) is 55.1 Å². The maximum Gasteiger partial charge on any atom is 0.250 e. The van der Waals surface area contributed by atoms with Crippen molar-refractivity contribution in [2.45, 2.75) is 0 Å². The molecule has 0 atom stereocenters. The van der Waals surface area contributed by atoms with Crippen LogP contribution in [0.1, 0.15) is 0 Å². The molecule has 3 rings (SSSR count). The summed E-state index contributed by atoms with van der Waals surface area (Å²) in [5.74, 6) is 0.285. The van der Waals surface area contributed by atoms with Gasteiger partial charge in [-0.25, -0.2) is 4.98 Å². The minimum absolute atomic E-state index is 0.0631. The molecule has 3 aromatic rings. The molecule has 150 valence electrons. The van der Waals surface area contributed by atoms with E-state index in [0.717, 1.165) is 5.69 Å². The Morgan fingerprint density at radius 2 is 1.93 bits per heavy atom. The Morgan fingerprint density at radius 3 is 2.76 bits per heavy atom. The van der Waals surface area contributed by atoms with Crippen LogP contribution in [0.25, 0.3) is 11.3 Å². The fraction of sp³-hybridized carbons (Fsp3) is 0.200. The molecule has 0 aliphatic rings. The number of carbonyl (C=O) groups is 1. The Balaban J connectivity index is 1.67. The first-order chi connectivity index (χ1) is 14.1. The number of pyridine rings is 1. The lowest BCUT2D eigenvalue weighted by Gasteiger charge is -2.09. The van der Waals surface area contributed by atoms with Crippen molar-refractivity contribution in [1.82, 2.24) is 15.0 Å². The van der Waals surface area contributed by atoms with Gasteiger partial charge in [-0.2, -0.15) is 0 Å². The van der Waals surface area contributed by atoms with Crippen molar-refractivity contribution in [3.05, 3.63) is 60.1 Å². The molecule has 0 aliphatic carbocycles. The second kappa shape index (κ2) is 10.5. The van der Waals surface area contributed by atoms with E-state index in [-0.39, 0.29) is 12.5 Å². The van der Waals surface area contributed by atoms with Crippen molar-refractivity contribution in [3.63, 3.8) is 0 Å². The lowest BCUT2D eigenvalue weighted by Crippen LogP contribution is -2.19. The standard InChI is InChI=1S/C20H20ClN5O3/c1-28-5-6-29-13-20(27)25-17-7-14(9-22-10-17)18-11-23-12-19(26-18)24-16-4-2-3-15(21)8-16/h2-4,7-12H,5-6,13H2,1H3,(H,24,26)(H,25,27). The van der Waals surface area contributed by atoms with Gasteiger partial charge in [-0.05, 0) is 24.3 Å². The van der Waals surface area contributed by atoms with E-state index in [2.05, 4.69) is 25.6 Å². The van der Waals surface area contributed by atoms with Crippen molar-refractivity contribution in [2.24, 2.45) is 0 Å². The number of halogens is 1. The lowest BCUT2D eigenvalue weighted by atomic mass is 10.2. The summed E-state index contributed by atoms with van der Waals surface area (Å²) in [5.41, 5.74) is 2.66. The smallest absolute Gasteiger partial charge is 0.250 e. The van der Waals surface area contributed by atoms with E-state index in [0.29, 0.717) is 41.0 Å². The molecule has 8 nitrogen and oxygen atoms in total. The van der Waals surface area contributed by atoms with E-state index in [1.165, 1.54) is 0 Å². The van der Waals surface area contributed by atoms with E-state index in [1.807, 2.05) is 12.1 Å². The third-order valence-corrected chi connectivity index (χ3v) is 3.95. The second-order valence-corrected chi connectivity index (χ2v) is 6.42. The summed E-state index contributed by atoms with van der Waals surface area (Å²) in [5, 5.41) is 6.53. The minimum Gasteiger partial charge on any atom is -0.382 e. The van der Waals surface area contributed by atoms with Crippen molar-refractivity contribution >= 4 is 34.7 Å². The molecular formula is C20H20ClN5O3. The van der Waals surface area contributed by atoms with Gasteiger partial charge in [0.25, 0.3) is 0 Å². The molecule has 0 radical (unpaired) electrons. The fourth-order valence-electron chi connectivity index (χ4n) is 2.43. The highest BCUT2D eigenvalue weighted by atomic mass is 35.5. The van der Waals surface area contributed by atoms with Gasteiger partial charge in [-0.3, -0.25) is 14.8 Å². The lowest BCUT2D eigenvalue weighted by molar-refractivity contribution is -0.121. The average molecular weight is 414 g/mol. The van der Waals surface area contributed by atoms with Gasteiger partial charge in [-0.1, -0.05) is 17.7 Å². The zero-order valence-corrected chi connectivity index (χ0v) is 16.5. The molecule has 1 aromatic carbocycles. The van der Waals surface area contributed by atoms with Crippen LogP contribution in [0.2, 0.25) is 5.02 Å². The van der Waals surface area contributed by atoms with E-state index >= 15 is 0 Å². The molecule has 0 fully saturated rings. The molecule has 0 saturated carbocycles. The number of aromatic nitrogens is 3. The number of anilines is 3. The molecule has 1 amide bonds. The molecule has 0 saturated heterocycles. The number of methoxy groups -OCH3 is 1. The van der Waals surface area contributed by atoms with Gasteiger partial charge in [0.1, 0.15) is 12.4 Å². The summed E-state index contributed by atoms with van der Waals surface area (Å²) in [6, 6.07) is 9.09. The second-order valence-electron chi connectivity index (χ2n) is 5.98. The highest BCUT2D eigenvalue weighted by Gasteiger charge is 2.07. The monoisotopic (exact) mass is 413 g/mol. The fourth-order valence-corrected chi connectivity index (χ4v) is 2.62.